The van der Waals surface area contributed by atoms with Gasteiger partial charge in [-0.1, -0.05) is 40.9 Å². The number of carbonyl (C=O) groups excluding carboxylic acids is 2. The van der Waals surface area contributed by atoms with Crippen LogP contribution in [0, 0.1) is 0 Å². The molecule has 2 rings (SSSR count). The lowest BCUT2D eigenvalue weighted by molar-refractivity contribution is -0.139. The van der Waals surface area contributed by atoms with Gasteiger partial charge in [-0.2, -0.15) is 0 Å². The van der Waals surface area contributed by atoms with Gasteiger partial charge < -0.3 is 15.0 Å². The number of hydrogen-bond donors (Lipinski definition) is 1. The summed E-state index contributed by atoms with van der Waals surface area (Å²) in [5.74, 6) is -0.827. The van der Waals surface area contributed by atoms with E-state index in [-0.39, 0.29) is 28.0 Å². The molecule has 12 heteroatoms. The predicted octanol–water partition coefficient (Wildman–Crippen LogP) is 3.58. The molecule has 0 aromatic heterocycles. The minimum atomic E-state index is -3.92. The van der Waals surface area contributed by atoms with Crippen molar-refractivity contribution < 1.29 is 22.7 Å². The Morgan fingerprint density at radius 3 is 2.30 bits per heavy atom. The van der Waals surface area contributed by atoms with Crippen molar-refractivity contribution in [3.63, 3.8) is 0 Å². The average molecular weight is 537 g/mol. The molecule has 180 valence electrons. The maximum atomic E-state index is 13.4. The van der Waals surface area contributed by atoms with Crippen LogP contribution in [0.15, 0.2) is 36.4 Å². The van der Waals surface area contributed by atoms with Crippen molar-refractivity contribution in [3.05, 3.63) is 57.0 Å². The van der Waals surface area contributed by atoms with Crippen LogP contribution in [0.3, 0.4) is 0 Å². The lowest BCUT2D eigenvalue weighted by atomic mass is 10.1. The molecule has 33 heavy (non-hydrogen) atoms. The number of hydrogen-bond acceptors (Lipinski definition) is 5. The quantitative estimate of drug-likeness (QED) is 0.528. The van der Waals surface area contributed by atoms with Crippen LogP contribution < -0.4 is 14.4 Å². The summed E-state index contributed by atoms with van der Waals surface area (Å²) in [6, 6.07) is 8.34. The molecule has 0 aliphatic carbocycles. The molecule has 0 saturated carbocycles. The normalized spacial score (nSPS) is 12.1. The molecule has 1 N–H and O–H groups in total. The Labute approximate surface area is 208 Å². The number of methoxy groups -OCH3 is 1. The fraction of sp³-hybridized carbons (Fsp3) is 0.333. The molecule has 0 aliphatic heterocycles. The molecule has 0 radical (unpaired) electrons. The highest BCUT2D eigenvalue weighted by Crippen LogP contribution is 2.33. The van der Waals surface area contributed by atoms with Crippen molar-refractivity contribution in [2.45, 2.75) is 19.5 Å². The Hall–Kier alpha value is -2.20. The second kappa shape index (κ2) is 11.3. The Bertz CT molecular complexity index is 1140. The number of ether oxygens (including phenoxy) is 1. The van der Waals surface area contributed by atoms with E-state index in [1.807, 2.05) is 0 Å². The molecular weight excluding hydrogens is 513 g/mol. The van der Waals surface area contributed by atoms with Gasteiger partial charge >= 0.3 is 0 Å². The average Bonchev–Trinajstić information content (AvgIpc) is 2.76. The van der Waals surface area contributed by atoms with Gasteiger partial charge in [0.15, 0.2) is 0 Å². The van der Waals surface area contributed by atoms with E-state index in [4.69, 9.17) is 39.5 Å². The Balaban J connectivity index is 2.47. The first-order valence-electron chi connectivity index (χ1n) is 9.65. The summed E-state index contributed by atoms with van der Waals surface area (Å²) in [5.41, 5.74) is 0.711. The molecule has 0 spiro atoms. The number of nitrogens with one attached hydrogen (secondary N) is 1. The second-order valence-electron chi connectivity index (χ2n) is 7.15. The molecule has 0 fully saturated rings. The van der Waals surface area contributed by atoms with Gasteiger partial charge in [0.2, 0.25) is 21.8 Å². The highest BCUT2D eigenvalue weighted by atomic mass is 35.5. The largest absolute Gasteiger partial charge is 0.495 e. The number of benzene rings is 2. The first kappa shape index (κ1) is 27.0. The zero-order valence-corrected chi connectivity index (χ0v) is 21.5. The first-order valence-corrected chi connectivity index (χ1v) is 12.6. The van der Waals surface area contributed by atoms with E-state index < -0.39 is 34.4 Å². The number of likely N-dealkylation sites (N-methyl/N-ethyl adjacent to an activating group) is 1. The van der Waals surface area contributed by atoms with Crippen LogP contribution in [0.25, 0.3) is 0 Å². The van der Waals surface area contributed by atoms with E-state index in [2.05, 4.69) is 5.32 Å². The zero-order valence-electron chi connectivity index (χ0n) is 18.4. The van der Waals surface area contributed by atoms with Crippen LogP contribution >= 0.6 is 34.8 Å². The summed E-state index contributed by atoms with van der Waals surface area (Å²) in [5, 5.41) is 3.39. The van der Waals surface area contributed by atoms with Crippen molar-refractivity contribution in [2.24, 2.45) is 0 Å². The minimum Gasteiger partial charge on any atom is -0.495 e. The van der Waals surface area contributed by atoms with Gasteiger partial charge in [-0.05, 0) is 42.8 Å². The summed E-state index contributed by atoms with van der Waals surface area (Å²) >= 11 is 18.1. The van der Waals surface area contributed by atoms with Gasteiger partial charge in [0.1, 0.15) is 18.3 Å². The molecule has 1 atom stereocenters. The van der Waals surface area contributed by atoms with Gasteiger partial charge in [-0.3, -0.25) is 13.9 Å². The smallest absolute Gasteiger partial charge is 0.244 e. The number of halogens is 3. The molecule has 1 unspecified atom stereocenters. The van der Waals surface area contributed by atoms with Gasteiger partial charge in [-0.25, -0.2) is 8.42 Å². The Morgan fingerprint density at radius 2 is 1.76 bits per heavy atom. The number of amides is 2. The van der Waals surface area contributed by atoms with E-state index in [9.17, 15) is 18.0 Å². The van der Waals surface area contributed by atoms with Crippen LogP contribution in [-0.4, -0.2) is 58.1 Å². The van der Waals surface area contributed by atoms with Gasteiger partial charge in [-0.15, -0.1) is 0 Å². The topological polar surface area (TPSA) is 96.0 Å². The predicted molar refractivity (Wildman–Crippen MR) is 131 cm³/mol. The first-order chi connectivity index (χ1) is 15.4. The SMILES string of the molecule is CNC(=O)C(C)N(Cc1ccc(Cl)c(Cl)c1)C(=O)CN(c1cc(Cl)ccc1OC)S(C)(=O)=O. The monoisotopic (exact) mass is 535 g/mol. The standard InChI is InChI=1S/C21H24Cl3N3O5S/c1-13(21(29)25-2)26(11-14-5-7-16(23)17(24)9-14)20(28)12-27(33(4,30)31)18-10-15(22)6-8-19(18)32-3/h5-10,13H,11-12H2,1-4H3,(H,25,29). The molecule has 2 aromatic rings. The van der Waals surface area contributed by atoms with Crippen molar-refractivity contribution in [3.8, 4) is 5.75 Å². The third-order valence-corrected chi connectivity index (χ3v) is 6.94. The zero-order chi connectivity index (χ0) is 24.9. The maximum absolute atomic E-state index is 13.4. The third-order valence-electron chi connectivity index (χ3n) is 4.84. The lowest BCUT2D eigenvalue weighted by Crippen LogP contribution is -2.50. The molecule has 0 bridgehead atoms. The third kappa shape index (κ3) is 6.89. The number of sulfonamides is 1. The van der Waals surface area contributed by atoms with Crippen LogP contribution in [0.4, 0.5) is 5.69 Å². The lowest BCUT2D eigenvalue weighted by Gasteiger charge is -2.31. The highest BCUT2D eigenvalue weighted by molar-refractivity contribution is 7.92. The molecule has 2 amide bonds. The van der Waals surface area contributed by atoms with E-state index >= 15 is 0 Å². The number of carbonyl (C=O) groups is 2. The summed E-state index contributed by atoms with van der Waals surface area (Å²) in [4.78, 5) is 27.0. The van der Waals surface area contributed by atoms with Crippen molar-refractivity contribution >= 4 is 62.3 Å². The van der Waals surface area contributed by atoms with Crippen LogP contribution in [0.1, 0.15) is 12.5 Å². The Morgan fingerprint density at radius 1 is 1.09 bits per heavy atom. The summed E-state index contributed by atoms with van der Waals surface area (Å²) in [7, 11) is -1.11. The summed E-state index contributed by atoms with van der Waals surface area (Å²) in [6.07, 6.45) is 0.964. The van der Waals surface area contributed by atoms with E-state index in [0.717, 1.165) is 10.6 Å². The fourth-order valence-corrected chi connectivity index (χ4v) is 4.41. The molecule has 8 nitrogen and oxygen atoms in total. The van der Waals surface area contributed by atoms with Crippen molar-refractivity contribution in [1.82, 2.24) is 10.2 Å². The van der Waals surface area contributed by atoms with Gasteiger partial charge in [0.05, 0.1) is 29.1 Å². The van der Waals surface area contributed by atoms with E-state index in [1.165, 1.54) is 37.3 Å². The summed E-state index contributed by atoms with van der Waals surface area (Å²) in [6.45, 7) is 0.950. The maximum Gasteiger partial charge on any atom is 0.244 e. The molecule has 0 aliphatic rings. The van der Waals surface area contributed by atoms with E-state index in [1.54, 1.807) is 25.1 Å². The Kier molecular flexibility index (Phi) is 9.25. The molecule has 2 aromatic carbocycles. The molecule has 0 heterocycles. The summed E-state index contributed by atoms with van der Waals surface area (Å²) < 4.78 is 31.4. The number of rotatable bonds is 9. The minimum absolute atomic E-state index is 0.00537. The molecular formula is C21H24Cl3N3O5S. The van der Waals surface area contributed by atoms with Crippen LogP contribution in [0.5, 0.6) is 5.75 Å². The number of anilines is 1. The van der Waals surface area contributed by atoms with Crippen LogP contribution in [0.2, 0.25) is 15.1 Å². The van der Waals surface area contributed by atoms with Gasteiger partial charge in [0.25, 0.3) is 0 Å². The van der Waals surface area contributed by atoms with Crippen molar-refractivity contribution in [2.75, 3.05) is 31.3 Å². The molecule has 0 saturated heterocycles. The highest BCUT2D eigenvalue weighted by Gasteiger charge is 2.31. The van der Waals surface area contributed by atoms with Crippen molar-refractivity contribution in [1.29, 1.82) is 0 Å². The fourth-order valence-electron chi connectivity index (χ4n) is 3.08. The second-order valence-corrected chi connectivity index (χ2v) is 10.3. The van der Waals surface area contributed by atoms with Gasteiger partial charge in [0, 0.05) is 18.6 Å². The van der Waals surface area contributed by atoms with Crippen LogP contribution in [-0.2, 0) is 26.2 Å². The van der Waals surface area contributed by atoms with E-state index in [0.29, 0.717) is 10.6 Å². The number of nitrogens with zero attached hydrogens (tertiary/aromatic N) is 2.